The van der Waals surface area contributed by atoms with E-state index in [4.69, 9.17) is 0 Å². The Kier molecular flexibility index (Phi) is 2.20. The van der Waals surface area contributed by atoms with Crippen molar-refractivity contribution in [3.8, 4) is 0 Å². The van der Waals surface area contributed by atoms with Gasteiger partial charge in [-0.1, -0.05) is 0 Å². The van der Waals surface area contributed by atoms with Gasteiger partial charge in [-0.05, 0) is 6.92 Å². The maximum absolute atomic E-state index is 11.0. The van der Waals surface area contributed by atoms with Gasteiger partial charge in [0.25, 0.3) is 11.8 Å². The molecule has 2 amide bonds. The van der Waals surface area contributed by atoms with Gasteiger partial charge in [0.05, 0.1) is 0 Å². The van der Waals surface area contributed by atoms with Crippen molar-refractivity contribution in [2.75, 3.05) is 13.2 Å². The van der Waals surface area contributed by atoms with Crippen LogP contribution >= 0.6 is 0 Å². The highest BCUT2D eigenvalue weighted by Gasteiger charge is 2.22. The number of hydrogen-bond donors (Lipinski definition) is 2. The molecule has 0 saturated carbocycles. The molecule has 1 aliphatic rings. The van der Waals surface area contributed by atoms with E-state index >= 15 is 0 Å². The van der Waals surface area contributed by atoms with Crippen molar-refractivity contribution in [2.45, 2.75) is 6.92 Å². The first-order valence-electron chi connectivity index (χ1n) is 3.36. The lowest BCUT2D eigenvalue weighted by Crippen LogP contribution is -2.37. The second kappa shape index (κ2) is 3.14. The molecular weight excluding hydrogens is 146 g/mol. The second-order valence-corrected chi connectivity index (χ2v) is 2.03. The average molecular weight is 155 g/mol. The summed E-state index contributed by atoms with van der Waals surface area (Å²) in [5.74, 6) is -0.793. The monoisotopic (exact) mass is 155 g/mol. The molecule has 0 atom stereocenters. The molecule has 0 aromatic heterocycles. The van der Waals surface area contributed by atoms with E-state index in [9.17, 15) is 9.59 Å². The van der Waals surface area contributed by atoms with Crippen molar-refractivity contribution in [2.24, 2.45) is 4.99 Å². The topological polar surface area (TPSA) is 70.6 Å². The van der Waals surface area contributed by atoms with E-state index < -0.39 is 11.8 Å². The van der Waals surface area contributed by atoms with Crippen LogP contribution in [-0.2, 0) is 9.59 Å². The van der Waals surface area contributed by atoms with E-state index in [1.54, 1.807) is 6.92 Å². The second-order valence-electron chi connectivity index (χ2n) is 2.03. The molecule has 60 valence electrons. The summed E-state index contributed by atoms with van der Waals surface area (Å²) in [6.07, 6.45) is 0. The fraction of sp³-hybridized carbons (Fsp3) is 0.500. The Morgan fingerprint density at radius 2 is 2.55 bits per heavy atom. The molecule has 0 aromatic rings. The number of aliphatic imine (C=N–C) groups is 1. The van der Waals surface area contributed by atoms with E-state index in [0.717, 1.165) is 0 Å². The molecule has 0 bridgehead atoms. The lowest BCUT2D eigenvalue weighted by Gasteiger charge is -1.97. The summed E-state index contributed by atoms with van der Waals surface area (Å²) in [5.41, 5.74) is -0.0214. The highest BCUT2D eigenvalue weighted by Crippen LogP contribution is 1.87. The zero-order valence-electron chi connectivity index (χ0n) is 6.18. The fourth-order valence-corrected chi connectivity index (χ4v) is 0.765. The minimum absolute atomic E-state index is 0.0214. The summed E-state index contributed by atoms with van der Waals surface area (Å²) in [4.78, 5) is 25.4. The predicted octanol–water partition coefficient (Wildman–Crippen LogP) is -1.35. The van der Waals surface area contributed by atoms with Crippen LogP contribution < -0.4 is 10.6 Å². The molecule has 5 heteroatoms. The van der Waals surface area contributed by atoms with Crippen molar-refractivity contribution < 1.29 is 9.59 Å². The SMILES string of the molecule is CCNC(=O)C1=NCNC1=O. The normalized spacial score (nSPS) is 15.7. The molecule has 0 aliphatic carbocycles. The highest BCUT2D eigenvalue weighted by molar-refractivity contribution is 6.65. The molecule has 1 rings (SSSR count). The summed E-state index contributed by atoms with van der Waals surface area (Å²) in [6, 6.07) is 0. The standard InChI is InChI=1S/C6H9N3O2/c1-2-7-5(10)4-6(11)9-3-8-4/h2-3H2,1H3,(H,7,10)(H,9,11). The summed E-state index contributed by atoms with van der Waals surface area (Å²) in [6.45, 7) is 2.50. The number of amides is 2. The third-order valence-electron chi connectivity index (χ3n) is 1.24. The average Bonchev–Trinajstić information content (AvgIpc) is 2.36. The minimum atomic E-state index is -0.400. The van der Waals surface area contributed by atoms with Crippen LogP contribution in [-0.4, -0.2) is 30.7 Å². The molecule has 1 heterocycles. The van der Waals surface area contributed by atoms with Crippen LogP contribution in [0.25, 0.3) is 0 Å². The van der Waals surface area contributed by atoms with Gasteiger partial charge in [0.2, 0.25) is 0 Å². The number of carbonyl (C=O) groups excluding carboxylic acids is 2. The highest BCUT2D eigenvalue weighted by atomic mass is 16.2. The van der Waals surface area contributed by atoms with Crippen LogP contribution in [0.5, 0.6) is 0 Å². The summed E-state index contributed by atoms with van der Waals surface area (Å²) in [7, 11) is 0. The van der Waals surface area contributed by atoms with Gasteiger partial charge in [-0.2, -0.15) is 0 Å². The fourth-order valence-electron chi connectivity index (χ4n) is 0.765. The number of rotatable bonds is 2. The maximum atomic E-state index is 11.0. The van der Waals surface area contributed by atoms with Gasteiger partial charge < -0.3 is 10.6 Å². The van der Waals surface area contributed by atoms with Crippen molar-refractivity contribution in [3.05, 3.63) is 0 Å². The zero-order chi connectivity index (χ0) is 8.27. The van der Waals surface area contributed by atoms with Crippen molar-refractivity contribution in [1.29, 1.82) is 0 Å². The molecule has 0 aromatic carbocycles. The zero-order valence-corrected chi connectivity index (χ0v) is 6.18. The maximum Gasteiger partial charge on any atom is 0.276 e. The Bertz CT molecular complexity index is 222. The first kappa shape index (κ1) is 7.71. The molecule has 1 aliphatic heterocycles. The Hall–Kier alpha value is -1.39. The van der Waals surface area contributed by atoms with Crippen molar-refractivity contribution >= 4 is 17.5 Å². The third-order valence-corrected chi connectivity index (χ3v) is 1.24. The Morgan fingerprint density at radius 1 is 1.82 bits per heavy atom. The smallest absolute Gasteiger partial charge is 0.276 e. The van der Waals surface area contributed by atoms with Crippen molar-refractivity contribution in [1.82, 2.24) is 10.6 Å². The number of nitrogens with one attached hydrogen (secondary N) is 2. The molecule has 5 nitrogen and oxygen atoms in total. The quantitative estimate of drug-likeness (QED) is 0.517. The van der Waals surface area contributed by atoms with E-state index in [1.165, 1.54) is 0 Å². The van der Waals surface area contributed by atoms with Crippen LogP contribution in [0.15, 0.2) is 4.99 Å². The van der Waals surface area contributed by atoms with Gasteiger partial charge in [0.15, 0.2) is 5.71 Å². The molecule has 0 unspecified atom stereocenters. The third kappa shape index (κ3) is 1.54. The molecule has 0 radical (unpaired) electrons. The molecular formula is C6H9N3O2. The number of carbonyl (C=O) groups is 2. The Morgan fingerprint density at radius 3 is 3.00 bits per heavy atom. The minimum Gasteiger partial charge on any atom is -0.351 e. The lowest BCUT2D eigenvalue weighted by atomic mass is 10.3. The van der Waals surface area contributed by atoms with Gasteiger partial charge in [-0.15, -0.1) is 0 Å². The first-order chi connectivity index (χ1) is 5.25. The summed E-state index contributed by atoms with van der Waals surface area (Å²) in [5, 5.41) is 4.89. The summed E-state index contributed by atoms with van der Waals surface area (Å²) < 4.78 is 0. The van der Waals surface area contributed by atoms with E-state index in [1.807, 2.05) is 0 Å². The van der Waals surface area contributed by atoms with Crippen LogP contribution in [0, 0.1) is 0 Å². The van der Waals surface area contributed by atoms with Gasteiger partial charge in [-0.25, -0.2) is 0 Å². The van der Waals surface area contributed by atoms with Crippen LogP contribution in [0.2, 0.25) is 0 Å². The first-order valence-corrected chi connectivity index (χ1v) is 3.36. The van der Waals surface area contributed by atoms with Gasteiger partial charge in [0.1, 0.15) is 6.67 Å². The van der Waals surface area contributed by atoms with E-state index in [-0.39, 0.29) is 12.4 Å². The van der Waals surface area contributed by atoms with E-state index in [2.05, 4.69) is 15.6 Å². The van der Waals surface area contributed by atoms with Crippen molar-refractivity contribution in [3.63, 3.8) is 0 Å². The van der Waals surface area contributed by atoms with Crippen LogP contribution in [0.1, 0.15) is 6.92 Å². The van der Waals surface area contributed by atoms with Gasteiger partial charge in [-0.3, -0.25) is 14.6 Å². The lowest BCUT2D eigenvalue weighted by molar-refractivity contribution is -0.118. The Labute approximate surface area is 63.9 Å². The molecule has 0 saturated heterocycles. The van der Waals surface area contributed by atoms with E-state index in [0.29, 0.717) is 6.54 Å². The predicted molar refractivity (Wildman–Crippen MR) is 39.1 cm³/mol. The number of nitrogens with zero attached hydrogens (tertiary/aromatic N) is 1. The molecule has 2 N–H and O–H groups in total. The molecule has 11 heavy (non-hydrogen) atoms. The Balaban J connectivity index is 2.60. The van der Waals surface area contributed by atoms with Gasteiger partial charge >= 0.3 is 0 Å². The molecule has 0 spiro atoms. The summed E-state index contributed by atoms with van der Waals surface area (Å²) >= 11 is 0. The number of hydrogen-bond acceptors (Lipinski definition) is 3. The molecule has 0 fully saturated rings. The van der Waals surface area contributed by atoms with Crippen LogP contribution in [0.3, 0.4) is 0 Å². The largest absolute Gasteiger partial charge is 0.351 e. The van der Waals surface area contributed by atoms with Gasteiger partial charge in [0, 0.05) is 6.54 Å². The van der Waals surface area contributed by atoms with Crippen LogP contribution in [0.4, 0.5) is 0 Å².